The molecule has 0 radical (unpaired) electrons. The molecule has 0 spiro atoms. The maximum Gasteiger partial charge on any atom is 0.165 e. The third kappa shape index (κ3) is 3.25. The van der Waals surface area contributed by atoms with Crippen molar-refractivity contribution in [1.29, 1.82) is 0 Å². The van der Waals surface area contributed by atoms with Gasteiger partial charge >= 0.3 is 0 Å². The Morgan fingerprint density at radius 3 is 2.47 bits per heavy atom. The second kappa shape index (κ2) is 5.74. The van der Waals surface area contributed by atoms with Crippen molar-refractivity contribution in [3.8, 4) is 5.75 Å². The Hall–Kier alpha value is -2.03. The van der Waals surface area contributed by atoms with Crippen molar-refractivity contribution in [2.45, 2.75) is 20.4 Å². The number of halogens is 1. The molecule has 1 N–H and O–H groups in total. The SMILES string of the molecule is COc1ccc(CNc2ccc(C)c(C)c2)cc1F. The molecule has 0 aliphatic rings. The minimum Gasteiger partial charge on any atom is -0.494 e. The lowest BCUT2D eigenvalue weighted by atomic mass is 10.1. The first kappa shape index (κ1) is 13.4. The molecular weight excluding hydrogens is 241 g/mol. The van der Waals surface area contributed by atoms with Crippen LogP contribution in [0.3, 0.4) is 0 Å². The van der Waals surface area contributed by atoms with Crippen molar-refractivity contribution in [3.63, 3.8) is 0 Å². The summed E-state index contributed by atoms with van der Waals surface area (Å²) in [5.41, 5.74) is 4.43. The van der Waals surface area contributed by atoms with E-state index in [0.717, 1.165) is 11.3 Å². The molecule has 0 aliphatic carbocycles. The molecule has 19 heavy (non-hydrogen) atoms. The van der Waals surface area contributed by atoms with Crippen molar-refractivity contribution in [3.05, 3.63) is 58.9 Å². The highest BCUT2D eigenvalue weighted by molar-refractivity contribution is 5.48. The lowest BCUT2D eigenvalue weighted by molar-refractivity contribution is 0.386. The van der Waals surface area contributed by atoms with Gasteiger partial charge in [0.1, 0.15) is 0 Å². The summed E-state index contributed by atoms with van der Waals surface area (Å²) in [7, 11) is 1.46. The molecule has 0 unspecified atom stereocenters. The maximum absolute atomic E-state index is 13.5. The molecule has 3 heteroatoms. The molecular formula is C16H18FNO. The Bertz CT molecular complexity index is 581. The lowest BCUT2D eigenvalue weighted by Crippen LogP contribution is -2.01. The monoisotopic (exact) mass is 259 g/mol. The predicted octanol–water partition coefficient (Wildman–Crippen LogP) is 4.06. The van der Waals surface area contributed by atoms with Crippen LogP contribution in [-0.2, 0) is 6.54 Å². The van der Waals surface area contributed by atoms with Crippen LogP contribution in [0.4, 0.5) is 10.1 Å². The van der Waals surface area contributed by atoms with Crippen molar-refractivity contribution < 1.29 is 9.13 Å². The van der Waals surface area contributed by atoms with Gasteiger partial charge in [0, 0.05) is 12.2 Å². The van der Waals surface area contributed by atoms with E-state index in [4.69, 9.17) is 4.74 Å². The van der Waals surface area contributed by atoms with Crippen molar-refractivity contribution in [2.24, 2.45) is 0 Å². The second-order valence-corrected chi connectivity index (χ2v) is 4.62. The van der Waals surface area contributed by atoms with Gasteiger partial charge in [0.25, 0.3) is 0 Å². The number of hydrogen-bond donors (Lipinski definition) is 1. The van der Waals surface area contributed by atoms with Crippen molar-refractivity contribution in [1.82, 2.24) is 0 Å². The van der Waals surface area contributed by atoms with Gasteiger partial charge in [-0.2, -0.15) is 0 Å². The van der Waals surface area contributed by atoms with E-state index >= 15 is 0 Å². The Labute approximate surface area is 113 Å². The highest BCUT2D eigenvalue weighted by Gasteiger charge is 2.03. The van der Waals surface area contributed by atoms with Crippen molar-refractivity contribution >= 4 is 5.69 Å². The molecule has 0 amide bonds. The molecule has 0 aliphatic heterocycles. The zero-order valence-electron chi connectivity index (χ0n) is 11.5. The van der Waals surface area contributed by atoms with Crippen molar-refractivity contribution in [2.75, 3.05) is 12.4 Å². The van der Waals surface area contributed by atoms with E-state index in [0.29, 0.717) is 6.54 Å². The first-order valence-corrected chi connectivity index (χ1v) is 6.23. The lowest BCUT2D eigenvalue weighted by Gasteiger charge is -2.10. The number of methoxy groups -OCH3 is 1. The smallest absolute Gasteiger partial charge is 0.165 e. The number of ether oxygens (including phenoxy) is 1. The first-order valence-electron chi connectivity index (χ1n) is 6.23. The Morgan fingerprint density at radius 1 is 1.05 bits per heavy atom. The fourth-order valence-electron chi connectivity index (χ4n) is 1.88. The molecule has 100 valence electrons. The number of anilines is 1. The third-order valence-corrected chi connectivity index (χ3v) is 3.22. The molecule has 0 aromatic heterocycles. The molecule has 2 rings (SSSR count). The summed E-state index contributed by atoms with van der Waals surface area (Å²) in [4.78, 5) is 0. The fourth-order valence-corrected chi connectivity index (χ4v) is 1.88. The number of nitrogens with one attached hydrogen (secondary N) is 1. The second-order valence-electron chi connectivity index (χ2n) is 4.62. The quantitative estimate of drug-likeness (QED) is 0.894. The van der Waals surface area contributed by atoms with Crippen LogP contribution in [0, 0.1) is 19.7 Å². The van der Waals surface area contributed by atoms with E-state index in [1.165, 1.54) is 24.3 Å². The molecule has 0 fully saturated rings. The van der Waals surface area contributed by atoms with Gasteiger partial charge in [0.05, 0.1) is 7.11 Å². The van der Waals surface area contributed by atoms with E-state index in [1.807, 2.05) is 12.1 Å². The average Bonchev–Trinajstić information content (AvgIpc) is 2.40. The zero-order chi connectivity index (χ0) is 13.8. The Kier molecular flexibility index (Phi) is 4.05. The van der Waals surface area contributed by atoms with E-state index in [-0.39, 0.29) is 11.6 Å². The van der Waals surface area contributed by atoms with Crippen LogP contribution in [0.1, 0.15) is 16.7 Å². The summed E-state index contributed by atoms with van der Waals surface area (Å²) in [5, 5.41) is 3.29. The zero-order valence-corrected chi connectivity index (χ0v) is 11.5. The van der Waals surface area contributed by atoms with Crippen LogP contribution in [0.15, 0.2) is 36.4 Å². The molecule has 0 saturated heterocycles. The van der Waals surface area contributed by atoms with Gasteiger partial charge < -0.3 is 10.1 Å². The first-order chi connectivity index (χ1) is 9.10. The maximum atomic E-state index is 13.5. The number of hydrogen-bond acceptors (Lipinski definition) is 2. The van der Waals surface area contributed by atoms with E-state index in [2.05, 4.69) is 31.3 Å². The molecule has 2 aromatic rings. The highest BCUT2D eigenvalue weighted by atomic mass is 19.1. The fraction of sp³-hybridized carbons (Fsp3) is 0.250. The summed E-state index contributed by atoms with van der Waals surface area (Å²) in [6.45, 7) is 4.74. The van der Waals surface area contributed by atoms with Gasteiger partial charge in [-0.3, -0.25) is 0 Å². The average molecular weight is 259 g/mol. The summed E-state index contributed by atoms with van der Waals surface area (Å²) in [6, 6.07) is 11.2. The highest BCUT2D eigenvalue weighted by Crippen LogP contribution is 2.19. The van der Waals surface area contributed by atoms with Gasteiger partial charge in [-0.1, -0.05) is 12.1 Å². The van der Waals surface area contributed by atoms with Crippen LogP contribution in [0.5, 0.6) is 5.75 Å². The molecule has 0 atom stereocenters. The van der Waals surface area contributed by atoms with E-state index < -0.39 is 0 Å². The van der Waals surface area contributed by atoms with E-state index in [9.17, 15) is 4.39 Å². The standard InChI is InChI=1S/C16H18FNO/c1-11-4-6-14(8-12(11)2)18-10-13-5-7-16(19-3)15(17)9-13/h4-9,18H,10H2,1-3H3. The number of benzene rings is 2. The van der Waals surface area contributed by atoms with Crippen LogP contribution in [0.2, 0.25) is 0 Å². The summed E-state index contributed by atoms with van der Waals surface area (Å²) >= 11 is 0. The van der Waals surface area contributed by atoms with Gasteiger partial charge in [-0.05, 0) is 54.8 Å². The minimum absolute atomic E-state index is 0.273. The Balaban J connectivity index is 2.05. The topological polar surface area (TPSA) is 21.3 Å². The van der Waals surface area contributed by atoms with Gasteiger partial charge in [0.15, 0.2) is 11.6 Å². The summed E-state index contributed by atoms with van der Waals surface area (Å²) in [6.07, 6.45) is 0. The molecule has 2 aromatic carbocycles. The van der Waals surface area contributed by atoms with Crippen LogP contribution in [-0.4, -0.2) is 7.11 Å². The van der Waals surface area contributed by atoms with Gasteiger partial charge in [-0.15, -0.1) is 0 Å². The number of aryl methyl sites for hydroxylation is 2. The van der Waals surface area contributed by atoms with Crippen LogP contribution >= 0.6 is 0 Å². The molecule has 0 bridgehead atoms. The predicted molar refractivity (Wildman–Crippen MR) is 76.2 cm³/mol. The molecule has 0 saturated carbocycles. The Morgan fingerprint density at radius 2 is 1.84 bits per heavy atom. The normalized spacial score (nSPS) is 10.3. The summed E-state index contributed by atoms with van der Waals surface area (Å²) < 4.78 is 18.4. The molecule has 0 heterocycles. The molecule has 2 nitrogen and oxygen atoms in total. The van der Waals surface area contributed by atoms with E-state index in [1.54, 1.807) is 6.07 Å². The summed E-state index contributed by atoms with van der Waals surface area (Å²) in [5.74, 6) is -0.0585. The minimum atomic E-state index is -0.332. The largest absolute Gasteiger partial charge is 0.494 e. The number of rotatable bonds is 4. The van der Waals surface area contributed by atoms with Crippen LogP contribution < -0.4 is 10.1 Å². The van der Waals surface area contributed by atoms with Gasteiger partial charge in [0.2, 0.25) is 0 Å². The van der Waals surface area contributed by atoms with Gasteiger partial charge in [-0.25, -0.2) is 4.39 Å². The third-order valence-electron chi connectivity index (χ3n) is 3.22. The van der Waals surface area contributed by atoms with Crippen LogP contribution in [0.25, 0.3) is 0 Å².